The van der Waals surface area contributed by atoms with Gasteiger partial charge in [0.2, 0.25) is 5.91 Å². The van der Waals surface area contributed by atoms with Crippen LogP contribution in [0.1, 0.15) is 44.9 Å². The van der Waals surface area contributed by atoms with Crippen LogP contribution in [0.15, 0.2) is 28.4 Å². The molecule has 1 spiro atoms. The van der Waals surface area contributed by atoms with Gasteiger partial charge in [0.05, 0.1) is 29.5 Å². The van der Waals surface area contributed by atoms with Crippen LogP contribution in [0.25, 0.3) is 10.9 Å². The summed E-state index contributed by atoms with van der Waals surface area (Å²) in [7, 11) is 0. The number of nitrogens with zero attached hydrogens (tertiary/aromatic N) is 4. The fraction of sp³-hybridized carbons (Fsp3) is 0.636. The number of aliphatic hydroxyl groups is 1. The number of thioether (sulfide) groups is 1. The van der Waals surface area contributed by atoms with Gasteiger partial charge in [0.25, 0.3) is 5.56 Å². The average Bonchev–Trinajstić information content (AvgIpc) is 3.25. The van der Waals surface area contributed by atoms with Crippen LogP contribution in [0.4, 0.5) is 13.2 Å². The molecule has 1 aliphatic heterocycles. The zero-order valence-corrected chi connectivity index (χ0v) is 19.2. The van der Waals surface area contributed by atoms with Crippen LogP contribution in [-0.2, 0) is 11.3 Å². The highest BCUT2D eigenvalue weighted by Gasteiger charge is 2.55. The number of halogens is 3. The van der Waals surface area contributed by atoms with Gasteiger partial charge in [-0.25, -0.2) is 9.97 Å². The minimum absolute atomic E-state index is 0.0522. The molecule has 1 saturated carbocycles. The number of likely N-dealkylation sites (tertiary alicyclic amines) is 1. The molecule has 33 heavy (non-hydrogen) atoms. The number of amides is 1. The zero-order chi connectivity index (χ0) is 23.9. The van der Waals surface area contributed by atoms with Crippen molar-refractivity contribution in [2.24, 2.45) is 5.41 Å². The Labute approximate surface area is 193 Å². The van der Waals surface area contributed by atoms with E-state index in [1.807, 2.05) is 6.26 Å². The molecule has 2 fully saturated rings. The van der Waals surface area contributed by atoms with E-state index in [0.29, 0.717) is 28.9 Å². The van der Waals surface area contributed by atoms with Crippen molar-refractivity contribution in [2.45, 2.75) is 68.4 Å². The lowest BCUT2D eigenvalue weighted by Gasteiger charge is -2.52. The lowest BCUT2D eigenvalue weighted by molar-refractivity contribution is -0.166. The zero-order valence-electron chi connectivity index (χ0n) is 18.4. The third-order valence-corrected chi connectivity index (χ3v) is 7.69. The van der Waals surface area contributed by atoms with Crippen molar-refractivity contribution < 1.29 is 23.1 Å². The monoisotopic (exact) mass is 484 g/mol. The molecule has 4 rings (SSSR count). The molecular formula is C22H27F3N4O3S. The van der Waals surface area contributed by atoms with Gasteiger partial charge >= 0.3 is 6.18 Å². The number of carbonyl (C=O) groups is 1. The van der Waals surface area contributed by atoms with Crippen LogP contribution in [0.2, 0.25) is 0 Å². The molecule has 1 unspecified atom stereocenters. The molecule has 0 radical (unpaired) electrons. The van der Waals surface area contributed by atoms with Gasteiger partial charge < -0.3 is 14.6 Å². The van der Waals surface area contributed by atoms with Crippen LogP contribution in [0.3, 0.4) is 0 Å². The Morgan fingerprint density at radius 1 is 1.27 bits per heavy atom. The number of fused-ring (bicyclic) bond motifs is 1. The van der Waals surface area contributed by atoms with E-state index in [2.05, 4.69) is 9.97 Å². The van der Waals surface area contributed by atoms with E-state index in [1.165, 1.54) is 27.4 Å². The molecule has 7 nitrogen and oxygen atoms in total. The largest absolute Gasteiger partial charge is 0.389 e. The lowest BCUT2D eigenvalue weighted by atomic mass is 9.65. The maximum absolute atomic E-state index is 13.1. The SMILES string of the molecule is CSc1ncc2c(=O)n(CC3(O)CCN(C(=O)CCC(F)(F)F)CC34CCCC4)ccc2n1. The summed E-state index contributed by atoms with van der Waals surface area (Å²) in [6, 6.07) is 1.72. The first-order valence-corrected chi connectivity index (χ1v) is 12.3. The fourth-order valence-electron chi connectivity index (χ4n) is 5.28. The second-order valence-electron chi connectivity index (χ2n) is 9.10. The molecule has 0 aromatic carbocycles. The van der Waals surface area contributed by atoms with Crippen LogP contribution < -0.4 is 5.56 Å². The molecule has 0 bridgehead atoms. The normalized spacial score (nSPS) is 22.9. The number of piperidine rings is 1. The summed E-state index contributed by atoms with van der Waals surface area (Å²) in [6.07, 6.45) is 2.10. The molecule has 2 aromatic rings. The van der Waals surface area contributed by atoms with E-state index in [9.17, 15) is 27.9 Å². The molecule has 2 aromatic heterocycles. The molecule has 1 aliphatic carbocycles. The highest BCUT2D eigenvalue weighted by Crippen LogP contribution is 2.51. The van der Waals surface area contributed by atoms with Crippen molar-refractivity contribution in [1.29, 1.82) is 0 Å². The van der Waals surface area contributed by atoms with Crippen molar-refractivity contribution >= 4 is 28.6 Å². The van der Waals surface area contributed by atoms with Crippen LogP contribution in [0, 0.1) is 5.41 Å². The standard InChI is InChI=1S/C22H27F3N4O3S/c1-33-19-26-12-15-16(27-19)5-10-29(18(15)31)14-21(32)9-11-28(13-20(21)6-2-3-7-20)17(30)4-8-22(23,24)25/h5,10,12,32H,2-4,6-9,11,13-14H2,1H3. The molecular weight excluding hydrogens is 457 g/mol. The van der Waals surface area contributed by atoms with Crippen molar-refractivity contribution in [3.63, 3.8) is 0 Å². The molecule has 1 saturated heterocycles. The summed E-state index contributed by atoms with van der Waals surface area (Å²) < 4.78 is 39.2. The Bertz CT molecular complexity index is 1100. The summed E-state index contributed by atoms with van der Waals surface area (Å²) >= 11 is 1.38. The highest BCUT2D eigenvalue weighted by atomic mass is 32.2. The Hall–Kier alpha value is -2.14. The van der Waals surface area contributed by atoms with Gasteiger partial charge in [-0.1, -0.05) is 24.6 Å². The van der Waals surface area contributed by atoms with E-state index in [1.54, 1.807) is 12.3 Å². The second kappa shape index (κ2) is 8.90. The lowest BCUT2D eigenvalue weighted by Crippen LogP contribution is -2.62. The molecule has 1 amide bonds. The topological polar surface area (TPSA) is 88.3 Å². The van der Waals surface area contributed by atoms with E-state index < -0.39 is 35.9 Å². The fourth-order valence-corrected chi connectivity index (χ4v) is 5.62. The predicted molar refractivity (Wildman–Crippen MR) is 118 cm³/mol. The number of pyridine rings is 1. The minimum atomic E-state index is -4.38. The van der Waals surface area contributed by atoms with Crippen molar-refractivity contribution in [1.82, 2.24) is 19.4 Å². The van der Waals surface area contributed by atoms with Crippen LogP contribution in [-0.4, -0.2) is 61.6 Å². The van der Waals surface area contributed by atoms with Gasteiger partial charge in [-0.05, 0) is 31.6 Å². The Morgan fingerprint density at radius 2 is 2.00 bits per heavy atom. The molecule has 11 heteroatoms. The Morgan fingerprint density at radius 3 is 2.67 bits per heavy atom. The molecule has 2 aliphatic rings. The predicted octanol–water partition coefficient (Wildman–Crippen LogP) is 3.38. The number of hydrogen-bond acceptors (Lipinski definition) is 6. The van der Waals surface area contributed by atoms with Gasteiger partial charge in [0.15, 0.2) is 5.16 Å². The van der Waals surface area contributed by atoms with Gasteiger partial charge in [-0.2, -0.15) is 13.2 Å². The summed E-state index contributed by atoms with van der Waals surface area (Å²) in [5, 5.41) is 12.7. The maximum atomic E-state index is 13.1. The number of alkyl halides is 3. The molecule has 1 N–H and O–H groups in total. The Balaban J connectivity index is 1.58. The minimum Gasteiger partial charge on any atom is -0.387 e. The average molecular weight is 485 g/mol. The first-order valence-electron chi connectivity index (χ1n) is 11.0. The van der Waals surface area contributed by atoms with E-state index in [4.69, 9.17) is 0 Å². The van der Waals surface area contributed by atoms with Crippen LogP contribution >= 0.6 is 11.8 Å². The van der Waals surface area contributed by atoms with Gasteiger partial charge in [-0.15, -0.1) is 0 Å². The Kier molecular flexibility index (Phi) is 6.47. The van der Waals surface area contributed by atoms with E-state index in [0.717, 1.165) is 12.8 Å². The first-order chi connectivity index (χ1) is 15.6. The smallest absolute Gasteiger partial charge is 0.387 e. The number of carbonyl (C=O) groups excluding carboxylic acids is 1. The summed E-state index contributed by atoms with van der Waals surface area (Å²) in [6.45, 7) is 0.427. The second-order valence-corrected chi connectivity index (χ2v) is 9.88. The number of aromatic nitrogens is 3. The third kappa shape index (κ3) is 4.75. The van der Waals surface area contributed by atoms with Crippen molar-refractivity contribution in [3.8, 4) is 0 Å². The van der Waals surface area contributed by atoms with Crippen molar-refractivity contribution in [2.75, 3.05) is 19.3 Å². The summed E-state index contributed by atoms with van der Waals surface area (Å²) in [5.41, 5.74) is -1.66. The van der Waals surface area contributed by atoms with Gasteiger partial charge in [-0.3, -0.25) is 9.59 Å². The summed E-state index contributed by atoms with van der Waals surface area (Å²) in [4.78, 5) is 35.6. The molecule has 1 atom stereocenters. The maximum Gasteiger partial charge on any atom is 0.389 e. The highest BCUT2D eigenvalue weighted by molar-refractivity contribution is 7.98. The quantitative estimate of drug-likeness (QED) is 0.517. The van der Waals surface area contributed by atoms with E-state index >= 15 is 0 Å². The number of hydrogen-bond donors (Lipinski definition) is 1. The van der Waals surface area contributed by atoms with Crippen LogP contribution in [0.5, 0.6) is 0 Å². The van der Waals surface area contributed by atoms with E-state index in [-0.39, 0.29) is 31.6 Å². The summed E-state index contributed by atoms with van der Waals surface area (Å²) in [5.74, 6) is -0.537. The first kappa shape index (κ1) is 24.0. The van der Waals surface area contributed by atoms with Crippen molar-refractivity contribution in [3.05, 3.63) is 28.8 Å². The molecule has 180 valence electrons. The van der Waals surface area contributed by atoms with Gasteiger partial charge in [0.1, 0.15) is 0 Å². The van der Waals surface area contributed by atoms with Gasteiger partial charge in [0, 0.05) is 37.3 Å². The molecule has 3 heterocycles. The third-order valence-electron chi connectivity index (χ3n) is 7.13. The number of rotatable bonds is 5.